The Balaban J connectivity index is 2.15. The van der Waals surface area contributed by atoms with Gasteiger partial charge in [-0.25, -0.2) is 4.99 Å². The minimum absolute atomic E-state index is 0.390. The van der Waals surface area contributed by atoms with Gasteiger partial charge in [-0.05, 0) is 50.3 Å². The molecule has 0 fully saturated rings. The fraction of sp³-hybridized carbons (Fsp3) is 0.591. The number of aliphatic imine (C=N–C) groups is 1. The number of allylic oxidation sites excluding steroid dienone is 1. The lowest BCUT2D eigenvalue weighted by atomic mass is 10.0. The van der Waals surface area contributed by atoms with Crippen molar-refractivity contribution in [3.05, 3.63) is 35.5 Å². The molecule has 1 atom stereocenters. The highest BCUT2D eigenvalue weighted by atomic mass is 32.2. The van der Waals surface area contributed by atoms with Gasteiger partial charge >= 0.3 is 0 Å². The third-order valence-electron chi connectivity index (χ3n) is 5.09. The van der Waals surface area contributed by atoms with Gasteiger partial charge in [0.05, 0.1) is 0 Å². The molecule has 1 aliphatic heterocycles. The smallest absolute Gasteiger partial charge is 0.163 e. The highest BCUT2D eigenvalue weighted by molar-refractivity contribution is 8.13. The molecule has 2 rings (SSSR count). The van der Waals surface area contributed by atoms with E-state index in [0.717, 1.165) is 47.7 Å². The molecule has 0 bridgehead atoms. The molecule has 30 heavy (non-hydrogen) atoms. The summed E-state index contributed by atoms with van der Waals surface area (Å²) in [7, 11) is 3.71. The van der Waals surface area contributed by atoms with E-state index >= 15 is 0 Å². The van der Waals surface area contributed by atoms with E-state index in [-0.39, 0.29) is 0 Å². The maximum atomic E-state index is 9.49. The number of anilines is 2. The molecular weight excluding hydrogens is 396 g/mol. The van der Waals surface area contributed by atoms with Gasteiger partial charge in [-0.2, -0.15) is 5.06 Å². The van der Waals surface area contributed by atoms with Crippen molar-refractivity contribution in [2.45, 2.75) is 32.7 Å². The van der Waals surface area contributed by atoms with E-state index in [1.54, 1.807) is 18.8 Å². The van der Waals surface area contributed by atoms with Gasteiger partial charge in [-0.15, -0.1) is 0 Å². The zero-order valence-electron chi connectivity index (χ0n) is 19.3. The van der Waals surface area contributed by atoms with Crippen molar-refractivity contribution in [2.75, 3.05) is 63.3 Å². The number of hydroxylamine groups is 2. The van der Waals surface area contributed by atoms with E-state index in [4.69, 9.17) is 10.7 Å². The predicted molar refractivity (Wildman–Crippen MR) is 131 cm³/mol. The van der Waals surface area contributed by atoms with Gasteiger partial charge in [0, 0.05) is 69.4 Å². The molecule has 0 spiro atoms. The van der Waals surface area contributed by atoms with Crippen LogP contribution in [0.5, 0.6) is 0 Å². The largest absolute Gasteiger partial charge is 0.383 e. The molecule has 0 amide bonds. The number of benzene rings is 1. The van der Waals surface area contributed by atoms with Crippen LogP contribution in [0.15, 0.2) is 40.5 Å². The van der Waals surface area contributed by atoms with Crippen molar-refractivity contribution in [1.29, 1.82) is 0 Å². The Bertz CT molecular complexity index is 762. The quantitative estimate of drug-likeness (QED) is 0.488. The van der Waals surface area contributed by atoms with Crippen LogP contribution in [-0.4, -0.2) is 79.0 Å². The molecular formula is C22H38N6OS. The highest BCUT2D eigenvalue weighted by Gasteiger charge is 2.21. The number of nitrogens with two attached hydrogens (primary N) is 1. The van der Waals surface area contributed by atoms with E-state index in [2.05, 4.69) is 66.5 Å². The third-order valence-corrected chi connectivity index (χ3v) is 5.85. The molecule has 0 aliphatic carbocycles. The van der Waals surface area contributed by atoms with Crippen LogP contribution in [0.2, 0.25) is 0 Å². The van der Waals surface area contributed by atoms with E-state index in [9.17, 15) is 5.21 Å². The first-order valence-electron chi connectivity index (χ1n) is 10.5. The van der Waals surface area contributed by atoms with Gasteiger partial charge in [0.2, 0.25) is 0 Å². The van der Waals surface area contributed by atoms with Gasteiger partial charge in [0.15, 0.2) is 5.17 Å². The van der Waals surface area contributed by atoms with Crippen LogP contribution in [-0.2, 0) is 0 Å². The van der Waals surface area contributed by atoms with E-state index in [0.29, 0.717) is 13.1 Å². The van der Waals surface area contributed by atoms with Crippen LogP contribution in [0, 0.1) is 0 Å². The Labute approximate surface area is 186 Å². The Kier molecular flexibility index (Phi) is 9.03. The first kappa shape index (κ1) is 24.5. The summed E-state index contributed by atoms with van der Waals surface area (Å²) in [6, 6.07) is 8.46. The fourth-order valence-corrected chi connectivity index (χ4v) is 4.24. The molecule has 1 heterocycles. The van der Waals surface area contributed by atoms with Crippen molar-refractivity contribution < 1.29 is 5.21 Å². The first-order valence-corrected chi connectivity index (χ1v) is 11.7. The van der Waals surface area contributed by atoms with Crippen LogP contribution in [0.4, 0.5) is 11.4 Å². The summed E-state index contributed by atoms with van der Waals surface area (Å²) < 4.78 is 0. The number of amidine groups is 1. The number of hydrogen-bond donors (Lipinski definition) is 3. The Morgan fingerprint density at radius 2 is 2.13 bits per heavy atom. The topological polar surface area (TPSA) is 80.4 Å². The minimum Gasteiger partial charge on any atom is -0.383 e. The summed E-state index contributed by atoms with van der Waals surface area (Å²) in [5.74, 6) is 0. The van der Waals surface area contributed by atoms with Gasteiger partial charge in [0.25, 0.3) is 0 Å². The molecule has 4 N–H and O–H groups in total. The number of likely N-dealkylation sites (N-methyl/N-ethyl adjacent to an activating group) is 2. The number of hydrogen-bond acceptors (Lipinski definition) is 8. The van der Waals surface area contributed by atoms with Gasteiger partial charge in [-0.3, -0.25) is 0 Å². The molecule has 7 nitrogen and oxygen atoms in total. The summed E-state index contributed by atoms with van der Waals surface area (Å²) >= 11 is 1.69. The average molecular weight is 435 g/mol. The van der Waals surface area contributed by atoms with Crippen LogP contribution in [0.25, 0.3) is 0 Å². The Hall–Kier alpha value is -1.74. The maximum Gasteiger partial charge on any atom is 0.163 e. The summed E-state index contributed by atoms with van der Waals surface area (Å²) in [6.07, 6.45) is 3.14. The molecule has 1 unspecified atom stereocenters. The zero-order valence-corrected chi connectivity index (χ0v) is 20.1. The SMILES string of the molecule is CCCN(CC1=C(C)N=C(SC)N(C)C1)c1cccc(NCC(C)(N)CN(C)O)c1. The second-order valence-corrected chi connectivity index (χ2v) is 9.21. The van der Waals surface area contributed by atoms with Crippen LogP contribution < -0.4 is 16.0 Å². The van der Waals surface area contributed by atoms with Crippen molar-refractivity contribution in [3.63, 3.8) is 0 Å². The monoisotopic (exact) mass is 434 g/mol. The molecule has 1 aromatic rings. The van der Waals surface area contributed by atoms with Crippen molar-refractivity contribution in [2.24, 2.45) is 10.7 Å². The fourth-order valence-electron chi connectivity index (χ4n) is 3.64. The van der Waals surface area contributed by atoms with E-state index < -0.39 is 5.54 Å². The van der Waals surface area contributed by atoms with E-state index in [1.807, 2.05) is 6.92 Å². The minimum atomic E-state index is -0.537. The third kappa shape index (κ3) is 7.19. The molecule has 0 saturated carbocycles. The zero-order chi connectivity index (χ0) is 22.3. The Morgan fingerprint density at radius 1 is 1.40 bits per heavy atom. The second kappa shape index (κ2) is 11.0. The summed E-state index contributed by atoms with van der Waals surface area (Å²) in [5.41, 5.74) is 10.4. The Morgan fingerprint density at radius 3 is 2.77 bits per heavy atom. The lowest BCUT2D eigenvalue weighted by molar-refractivity contribution is -0.0768. The molecule has 8 heteroatoms. The molecule has 1 aliphatic rings. The van der Waals surface area contributed by atoms with Crippen molar-refractivity contribution >= 4 is 28.3 Å². The van der Waals surface area contributed by atoms with Gasteiger partial charge < -0.3 is 26.1 Å². The standard InChI is InChI=1S/C22H38N6OS/c1-7-11-28(14-18-13-26(4)21(30-6)25-17(18)2)20-10-8-9-19(12-20)24-15-22(3,23)16-27(5)29/h8-10,12,24,29H,7,11,13-16,23H2,1-6H3. The van der Waals surface area contributed by atoms with Crippen molar-refractivity contribution in [3.8, 4) is 0 Å². The molecule has 0 radical (unpaired) electrons. The van der Waals surface area contributed by atoms with Crippen LogP contribution >= 0.6 is 11.8 Å². The number of thioether (sulfide) groups is 1. The molecule has 1 aromatic carbocycles. The normalized spacial score (nSPS) is 16.6. The van der Waals surface area contributed by atoms with Gasteiger partial charge in [-0.1, -0.05) is 24.8 Å². The lowest BCUT2D eigenvalue weighted by Crippen LogP contribution is -2.51. The number of rotatable bonds is 10. The van der Waals surface area contributed by atoms with Crippen molar-refractivity contribution in [1.82, 2.24) is 9.96 Å². The highest BCUT2D eigenvalue weighted by Crippen LogP contribution is 2.25. The van der Waals surface area contributed by atoms with Crippen LogP contribution in [0.1, 0.15) is 27.2 Å². The molecule has 0 aromatic heterocycles. The first-order chi connectivity index (χ1) is 14.1. The average Bonchev–Trinajstić information content (AvgIpc) is 2.68. The summed E-state index contributed by atoms with van der Waals surface area (Å²) in [4.78, 5) is 9.41. The lowest BCUT2D eigenvalue weighted by Gasteiger charge is -2.32. The molecule has 168 valence electrons. The van der Waals surface area contributed by atoms with Crippen LogP contribution in [0.3, 0.4) is 0 Å². The molecule has 0 saturated heterocycles. The number of nitrogens with one attached hydrogen (secondary N) is 1. The second-order valence-electron chi connectivity index (χ2n) is 8.44. The van der Waals surface area contributed by atoms with Gasteiger partial charge in [0.1, 0.15) is 0 Å². The predicted octanol–water partition coefficient (Wildman–Crippen LogP) is 3.29. The number of nitrogens with zero attached hydrogens (tertiary/aromatic N) is 4. The summed E-state index contributed by atoms with van der Waals surface area (Å²) in [6.45, 7) is 9.95. The maximum absolute atomic E-state index is 9.49. The van der Waals surface area contributed by atoms with E-state index in [1.165, 1.54) is 11.3 Å². The summed E-state index contributed by atoms with van der Waals surface area (Å²) in [5, 5.41) is 15.1.